The SMILES string of the molecule is Fc1ccc(N2CCN(C(=S)Nc3ccc(Cl)c(Cl)c3)CC2)cc1. The Bertz CT molecular complexity index is 731. The monoisotopic (exact) mass is 383 g/mol. The summed E-state index contributed by atoms with van der Waals surface area (Å²) in [5.41, 5.74) is 1.84. The van der Waals surface area contributed by atoms with Crippen LogP contribution in [0.5, 0.6) is 0 Å². The molecule has 0 aromatic heterocycles. The molecule has 24 heavy (non-hydrogen) atoms. The zero-order valence-corrected chi connectivity index (χ0v) is 15.1. The first-order chi connectivity index (χ1) is 11.5. The lowest BCUT2D eigenvalue weighted by molar-refractivity contribution is 0.391. The number of halogens is 3. The minimum Gasteiger partial charge on any atom is -0.368 e. The predicted molar refractivity (Wildman–Crippen MR) is 103 cm³/mol. The molecule has 2 aromatic carbocycles. The maximum Gasteiger partial charge on any atom is 0.173 e. The van der Waals surface area contributed by atoms with E-state index in [2.05, 4.69) is 15.1 Å². The number of rotatable bonds is 2. The van der Waals surface area contributed by atoms with Gasteiger partial charge in [0.05, 0.1) is 10.0 Å². The Labute approximate surface area is 156 Å². The van der Waals surface area contributed by atoms with Crippen molar-refractivity contribution in [3.05, 3.63) is 58.3 Å². The summed E-state index contributed by atoms with van der Waals surface area (Å²) in [5.74, 6) is -0.218. The number of piperazine rings is 1. The molecule has 1 heterocycles. The van der Waals surface area contributed by atoms with Gasteiger partial charge in [-0.1, -0.05) is 23.2 Å². The fraction of sp³-hybridized carbons (Fsp3) is 0.235. The molecular weight excluding hydrogens is 368 g/mol. The fourth-order valence-corrected chi connectivity index (χ4v) is 3.19. The van der Waals surface area contributed by atoms with Crippen molar-refractivity contribution >= 4 is 51.9 Å². The highest BCUT2D eigenvalue weighted by Crippen LogP contribution is 2.25. The van der Waals surface area contributed by atoms with Crippen molar-refractivity contribution in [1.29, 1.82) is 0 Å². The number of hydrogen-bond donors (Lipinski definition) is 1. The molecule has 0 radical (unpaired) electrons. The Morgan fingerprint density at radius 2 is 1.62 bits per heavy atom. The average molecular weight is 384 g/mol. The van der Waals surface area contributed by atoms with E-state index in [-0.39, 0.29) is 5.82 Å². The van der Waals surface area contributed by atoms with Crippen molar-refractivity contribution in [1.82, 2.24) is 4.90 Å². The maximum absolute atomic E-state index is 13.0. The first-order valence-corrected chi connectivity index (χ1v) is 8.71. The third kappa shape index (κ3) is 4.09. The molecule has 3 nitrogen and oxygen atoms in total. The van der Waals surface area contributed by atoms with E-state index in [9.17, 15) is 4.39 Å². The van der Waals surface area contributed by atoms with Crippen molar-refractivity contribution in [2.45, 2.75) is 0 Å². The summed E-state index contributed by atoms with van der Waals surface area (Å²) in [5, 5.41) is 4.85. The third-order valence-electron chi connectivity index (χ3n) is 3.93. The molecule has 0 aliphatic carbocycles. The van der Waals surface area contributed by atoms with Crippen LogP contribution in [0.3, 0.4) is 0 Å². The van der Waals surface area contributed by atoms with Gasteiger partial charge in [-0.2, -0.15) is 0 Å². The Hall–Kier alpha value is -1.56. The molecule has 1 fully saturated rings. The Balaban J connectivity index is 1.56. The van der Waals surface area contributed by atoms with Gasteiger partial charge in [-0.05, 0) is 54.7 Å². The van der Waals surface area contributed by atoms with E-state index in [1.54, 1.807) is 24.3 Å². The molecule has 0 amide bonds. The van der Waals surface area contributed by atoms with Gasteiger partial charge in [0.15, 0.2) is 5.11 Å². The Morgan fingerprint density at radius 1 is 0.958 bits per heavy atom. The Kier molecular flexibility index (Phi) is 5.43. The van der Waals surface area contributed by atoms with E-state index in [1.807, 2.05) is 6.07 Å². The van der Waals surface area contributed by atoms with Crippen molar-refractivity contribution in [3.8, 4) is 0 Å². The molecule has 3 rings (SSSR count). The van der Waals surface area contributed by atoms with E-state index in [0.29, 0.717) is 15.2 Å². The number of benzene rings is 2. The summed E-state index contributed by atoms with van der Waals surface area (Å²) >= 11 is 17.4. The molecule has 126 valence electrons. The molecule has 2 aromatic rings. The lowest BCUT2D eigenvalue weighted by Crippen LogP contribution is -2.50. The number of hydrogen-bond acceptors (Lipinski definition) is 2. The maximum atomic E-state index is 13.0. The molecule has 0 spiro atoms. The van der Waals surface area contributed by atoms with Crippen molar-refractivity contribution in [2.75, 3.05) is 36.4 Å². The molecule has 1 aliphatic heterocycles. The molecule has 0 saturated carbocycles. The van der Waals surface area contributed by atoms with Gasteiger partial charge >= 0.3 is 0 Å². The van der Waals surface area contributed by atoms with E-state index >= 15 is 0 Å². The summed E-state index contributed by atoms with van der Waals surface area (Å²) in [7, 11) is 0. The van der Waals surface area contributed by atoms with E-state index in [1.165, 1.54) is 12.1 Å². The molecule has 1 aliphatic rings. The van der Waals surface area contributed by atoms with E-state index in [4.69, 9.17) is 35.4 Å². The molecule has 1 N–H and O–H groups in total. The van der Waals surface area contributed by atoms with Gasteiger partial charge in [0.1, 0.15) is 5.82 Å². The van der Waals surface area contributed by atoms with Gasteiger partial charge in [-0.3, -0.25) is 0 Å². The van der Waals surface area contributed by atoms with Gasteiger partial charge in [0.2, 0.25) is 0 Å². The molecule has 0 atom stereocenters. The third-order valence-corrected chi connectivity index (χ3v) is 5.03. The van der Waals surface area contributed by atoms with E-state index in [0.717, 1.165) is 37.6 Å². The number of nitrogens with one attached hydrogen (secondary N) is 1. The molecule has 0 bridgehead atoms. The average Bonchev–Trinajstić information content (AvgIpc) is 2.59. The summed E-state index contributed by atoms with van der Waals surface area (Å²) in [6, 6.07) is 11.9. The quantitative estimate of drug-likeness (QED) is 0.760. The van der Waals surface area contributed by atoms with Crippen LogP contribution in [0.25, 0.3) is 0 Å². The number of thiocarbonyl (C=S) groups is 1. The zero-order chi connectivity index (χ0) is 17.1. The van der Waals surface area contributed by atoms with Crippen LogP contribution in [0.2, 0.25) is 10.0 Å². The largest absolute Gasteiger partial charge is 0.368 e. The fourth-order valence-electron chi connectivity index (χ4n) is 2.60. The van der Waals surface area contributed by atoms with Gasteiger partial charge in [0, 0.05) is 37.6 Å². The highest BCUT2D eigenvalue weighted by molar-refractivity contribution is 7.80. The highest BCUT2D eigenvalue weighted by atomic mass is 35.5. The summed E-state index contributed by atoms with van der Waals surface area (Å²) < 4.78 is 13.0. The van der Waals surface area contributed by atoms with Gasteiger partial charge in [0.25, 0.3) is 0 Å². The van der Waals surface area contributed by atoms with Gasteiger partial charge in [-0.25, -0.2) is 4.39 Å². The highest BCUT2D eigenvalue weighted by Gasteiger charge is 2.19. The minimum absolute atomic E-state index is 0.218. The van der Waals surface area contributed by atoms with Crippen LogP contribution in [-0.2, 0) is 0 Å². The van der Waals surface area contributed by atoms with Crippen LogP contribution in [0, 0.1) is 5.82 Å². The van der Waals surface area contributed by atoms with Crippen LogP contribution >= 0.6 is 35.4 Å². The zero-order valence-electron chi connectivity index (χ0n) is 12.8. The van der Waals surface area contributed by atoms with Gasteiger partial charge < -0.3 is 15.1 Å². The van der Waals surface area contributed by atoms with Crippen LogP contribution in [0.15, 0.2) is 42.5 Å². The van der Waals surface area contributed by atoms with E-state index < -0.39 is 0 Å². The molecule has 7 heteroatoms. The summed E-state index contributed by atoms with van der Waals surface area (Å²) in [6.07, 6.45) is 0. The predicted octanol–water partition coefficient (Wildman–Crippen LogP) is 4.65. The van der Waals surface area contributed by atoms with Crippen molar-refractivity contribution in [2.24, 2.45) is 0 Å². The first kappa shape index (κ1) is 17.3. The Morgan fingerprint density at radius 3 is 2.25 bits per heavy atom. The van der Waals surface area contributed by atoms with Gasteiger partial charge in [-0.15, -0.1) is 0 Å². The van der Waals surface area contributed by atoms with Crippen LogP contribution < -0.4 is 10.2 Å². The lowest BCUT2D eigenvalue weighted by atomic mass is 10.2. The van der Waals surface area contributed by atoms with Crippen LogP contribution in [-0.4, -0.2) is 36.2 Å². The second kappa shape index (κ2) is 7.55. The van der Waals surface area contributed by atoms with Crippen LogP contribution in [0.1, 0.15) is 0 Å². The topological polar surface area (TPSA) is 18.5 Å². The lowest BCUT2D eigenvalue weighted by Gasteiger charge is -2.37. The van der Waals surface area contributed by atoms with Crippen LogP contribution in [0.4, 0.5) is 15.8 Å². The molecule has 0 unspecified atom stereocenters. The summed E-state index contributed by atoms with van der Waals surface area (Å²) in [6.45, 7) is 3.25. The van der Waals surface area contributed by atoms with Crippen molar-refractivity contribution in [3.63, 3.8) is 0 Å². The second-order valence-corrected chi connectivity index (χ2v) is 6.71. The summed E-state index contributed by atoms with van der Waals surface area (Å²) in [4.78, 5) is 4.33. The molecular formula is C17H16Cl2FN3S. The smallest absolute Gasteiger partial charge is 0.173 e. The number of nitrogens with zero attached hydrogens (tertiary/aromatic N) is 2. The standard InChI is InChI=1S/C17H16Cl2FN3S/c18-15-6-3-13(11-16(15)19)21-17(24)23-9-7-22(8-10-23)14-4-1-12(20)2-5-14/h1-6,11H,7-10H2,(H,21,24). The number of anilines is 2. The normalized spacial score (nSPS) is 14.6. The first-order valence-electron chi connectivity index (χ1n) is 7.54. The second-order valence-electron chi connectivity index (χ2n) is 5.51. The molecule has 1 saturated heterocycles. The minimum atomic E-state index is -0.218. The van der Waals surface area contributed by atoms with Crippen molar-refractivity contribution < 1.29 is 4.39 Å².